The molecular weight excluding hydrogens is 424 g/mol. The number of carbonyl (C=O) groups is 1. The van der Waals surface area contributed by atoms with Crippen LogP contribution in [0.3, 0.4) is 0 Å². The van der Waals surface area contributed by atoms with Gasteiger partial charge >= 0.3 is 5.97 Å². The molecule has 2 aromatic carbocycles. The van der Waals surface area contributed by atoms with Crippen LogP contribution in [0, 0.1) is 10.1 Å². The first kappa shape index (κ1) is 21.2. The Bertz CT molecular complexity index is 1020. The Morgan fingerprint density at radius 3 is 2.45 bits per heavy atom. The normalized spacial score (nSPS) is 15.1. The molecule has 0 N–H and O–H groups in total. The van der Waals surface area contributed by atoms with Crippen molar-refractivity contribution in [2.45, 2.75) is 11.5 Å². The SMILES string of the molecule is O=C(OCc1ccc([N+](=O)[O-])cc1)c1ccc(Cl)c(S(=O)(=O)N2CCOCC2)c1. The van der Waals surface area contributed by atoms with Crippen molar-refractivity contribution < 1.29 is 27.6 Å². The van der Waals surface area contributed by atoms with E-state index < -0.39 is 20.9 Å². The second-order valence-electron chi connectivity index (χ2n) is 6.16. The van der Waals surface area contributed by atoms with E-state index in [0.717, 1.165) is 0 Å². The molecule has 0 unspecified atom stereocenters. The number of rotatable bonds is 6. The van der Waals surface area contributed by atoms with E-state index in [1.165, 1.54) is 46.8 Å². The summed E-state index contributed by atoms with van der Waals surface area (Å²) in [5, 5.41) is 10.7. The van der Waals surface area contributed by atoms with E-state index in [1.807, 2.05) is 0 Å². The molecule has 0 saturated carbocycles. The molecular formula is C18H17ClN2O7S. The van der Waals surface area contributed by atoms with E-state index in [2.05, 4.69) is 0 Å². The number of ether oxygens (including phenoxy) is 2. The van der Waals surface area contributed by atoms with Gasteiger partial charge in [0.15, 0.2) is 0 Å². The molecule has 11 heteroatoms. The second kappa shape index (κ2) is 8.87. The zero-order valence-corrected chi connectivity index (χ0v) is 16.7. The lowest BCUT2D eigenvalue weighted by molar-refractivity contribution is -0.384. The number of morpholine rings is 1. The summed E-state index contributed by atoms with van der Waals surface area (Å²) in [5.41, 5.74) is 0.512. The third-order valence-electron chi connectivity index (χ3n) is 4.27. The van der Waals surface area contributed by atoms with Crippen molar-refractivity contribution in [1.82, 2.24) is 4.31 Å². The molecule has 0 spiro atoms. The maximum atomic E-state index is 12.8. The highest BCUT2D eigenvalue weighted by Gasteiger charge is 2.29. The van der Waals surface area contributed by atoms with Crippen molar-refractivity contribution in [2.24, 2.45) is 0 Å². The zero-order valence-electron chi connectivity index (χ0n) is 15.1. The minimum Gasteiger partial charge on any atom is -0.457 e. The lowest BCUT2D eigenvalue weighted by atomic mass is 10.2. The van der Waals surface area contributed by atoms with Gasteiger partial charge in [0.25, 0.3) is 5.69 Å². The lowest BCUT2D eigenvalue weighted by Crippen LogP contribution is -2.40. The summed E-state index contributed by atoms with van der Waals surface area (Å²) >= 11 is 6.07. The molecule has 1 aliphatic rings. The summed E-state index contributed by atoms with van der Waals surface area (Å²) in [5.74, 6) is -0.738. The molecule has 0 aromatic heterocycles. The summed E-state index contributed by atoms with van der Waals surface area (Å²) in [4.78, 5) is 22.3. The molecule has 154 valence electrons. The second-order valence-corrected chi connectivity index (χ2v) is 8.47. The number of hydrogen-bond acceptors (Lipinski definition) is 7. The van der Waals surface area contributed by atoms with Gasteiger partial charge in [-0.15, -0.1) is 0 Å². The predicted molar refractivity (Wildman–Crippen MR) is 103 cm³/mol. The van der Waals surface area contributed by atoms with Gasteiger partial charge in [0.2, 0.25) is 10.0 Å². The number of nitro groups is 1. The fourth-order valence-electron chi connectivity index (χ4n) is 2.70. The highest BCUT2D eigenvalue weighted by molar-refractivity contribution is 7.89. The number of sulfonamides is 1. The summed E-state index contributed by atoms with van der Waals surface area (Å²) in [6, 6.07) is 9.45. The van der Waals surface area contributed by atoms with Gasteiger partial charge in [-0.3, -0.25) is 10.1 Å². The molecule has 29 heavy (non-hydrogen) atoms. The highest BCUT2D eigenvalue weighted by Crippen LogP contribution is 2.27. The summed E-state index contributed by atoms with van der Waals surface area (Å²) in [6.45, 7) is 0.855. The summed E-state index contributed by atoms with van der Waals surface area (Å²) in [7, 11) is -3.88. The number of nitrogens with zero attached hydrogens (tertiary/aromatic N) is 2. The van der Waals surface area contributed by atoms with Gasteiger partial charge in [-0.2, -0.15) is 4.31 Å². The molecule has 1 aliphatic heterocycles. The van der Waals surface area contributed by atoms with Crippen molar-refractivity contribution in [3.8, 4) is 0 Å². The molecule has 3 rings (SSSR count). The van der Waals surface area contributed by atoms with Gasteiger partial charge < -0.3 is 9.47 Å². The minimum absolute atomic E-state index is 0.00316. The molecule has 0 aliphatic carbocycles. The molecule has 0 atom stereocenters. The van der Waals surface area contributed by atoms with Crippen molar-refractivity contribution in [3.63, 3.8) is 0 Å². The summed E-state index contributed by atoms with van der Waals surface area (Å²) in [6.07, 6.45) is 0. The Morgan fingerprint density at radius 1 is 1.17 bits per heavy atom. The van der Waals surface area contributed by atoms with Gasteiger partial charge in [-0.05, 0) is 35.9 Å². The van der Waals surface area contributed by atoms with Crippen LogP contribution >= 0.6 is 11.6 Å². The van der Waals surface area contributed by atoms with E-state index in [-0.39, 0.29) is 54.1 Å². The van der Waals surface area contributed by atoms with E-state index in [0.29, 0.717) is 5.56 Å². The molecule has 1 fully saturated rings. The number of halogens is 1. The standard InChI is InChI=1S/C18H17ClN2O7S/c19-16-6-3-14(11-17(16)29(25,26)20-7-9-27-10-8-20)18(22)28-12-13-1-4-15(5-2-13)21(23)24/h1-6,11H,7-10,12H2. The Hall–Kier alpha value is -2.53. The Morgan fingerprint density at radius 2 is 1.83 bits per heavy atom. The Labute approximate surface area is 172 Å². The first-order valence-electron chi connectivity index (χ1n) is 8.57. The van der Waals surface area contributed by atoms with Crippen LogP contribution < -0.4 is 0 Å². The predicted octanol–water partition coefficient (Wildman–Crippen LogP) is 2.63. The number of hydrogen-bond donors (Lipinski definition) is 0. The first-order valence-corrected chi connectivity index (χ1v) is 10.4. The van der Waals surface area contributed by atoms with Crippen LogP contribution in [0.4, 0.5) is 5.69 Å². The van der Waals surface area contributed by atoms with Crippen molar-refractivity contribution in [3.05, 3.63) is 68.7 Å². The number of nitro benzene ring substituents is 1. The van der Waals surface area contributed by atoms with Crippen LogP contribution in [-0.4, -0.2) is 49.9 Å². The summed E-state index contributed by atoms with van der Waals surface area (Å²) < 4.78 is 37.3. The van der Waals surface area contributed by atoms with Crippen molar-refractivity contribution >= 4 is 33.3 Å². The van der Waals surface area contributed by atoms with Crippen LogP contribution in [0.2, 0.25) is 5.02 Å². The minimum atomic E-state index is -3.88. The fraction of sp³-hybridized carbons (Fsp3) is 0.278. The number of esters is 1. The molecule has 1 heterocycles. The average molecular weight is 441 g/mol. The number of carbonyl (C=O) groups excluding carboxylic acids is 1. The van der Waals surface area contributed by atoms with Gasteiger partial charge in [-0.1, -0.05) is 11.6 Å². The molecule has 0 radical (unpaired) electrons. The Balaban J connectivity index is 1.74. The van der Waals surface area contributed by atoms with Crippen LogP contribution in [0.1, 0.15) is 15.9 Å². The lowest BCUT2D eigenvalue weighted by Gasteiger charge is -2.26. The topological polar surface area (TPSA) is 116 Å². The molecule has 1 saturated heterocycles. The van der Waals surface area contributed by atoms with E-state index in [9.17, 15) is 23.3 Å². The van der Waals surface area contributed by atoms with Crippen LogP contribution in [0.5, 0.6) is 0 Å². The largest absolute Gasteiger partial charge is 0.457 e. The highest BCUT2D eigenvalue weighted by atomic mass is 35.5. The third kappa shape index (κ3) is 4.91. The zero-order chi connectivity index (χ0) is 21.0. The molecule has 0 bridgehead atoms. The quantitative estimate of drug-likeness (QED) is 0.385. The maximum Gasteiger partial charge on any atom is 0.338 e. The van der Waals surface area contributed by atoms with Crippen LogP contribution in [0.25, 0.3) is 0 Å². The van der Waals surface area contributed by atoms with Crippen molar-refractivity contribution in [1.29, 1.82) is 0 Å². The van der Waals surface area contributed by atoms with Gasteiger partial charge in [0, 0.05) is 25.2 Å². The van der Waals surface area contributed by atoms with E-state index in [4.69, 9.17) is 21.1 Å². The first-order chi connectivity index (χ1) is 13.8. The van der Waals surface area contributed by atoms with Crippen molar-refractivity contribution in [2.75, 3.05) is 26.3 Å². The molecule has 0 amide bonds. The monoisotopic (exact) mass is 440 g/mol. The average Bonchev–Trinajstić information content (AvgIpc) is 2.73. The third-order valence-corrected chi connectivity index (χ3v) is 6.65. The maximum absolute atomic E-state index is 12.8. The fourth-order valence-corrected chi connectivity index (χ4v) is 4.61. The van der Waals surface area contributed by atoms with Gasteiger partial charge in [0.05, 0.1) is 28.7 Å². The molecule has 2 aromatic rings. The number of benzene rings is 2. The molecule has 9 nitrogen and oxygen atoms in total. The Kier molecular flexibility index (Phi) is 6.48. The van der Waals surface area contributed by atoms with E-state index in [1.54, 1.807) is 0 Å². The number of non-ortho nitro benzene ring substituents is 1. The van der Waals surface area contributed by atoms with Gasteiger partial charge in [0.1, 0.15) is 11.5 Å². The van der Waals surface area contributed by atoms with Gasteiger partial charge in [-0.25, -0.2) is 13.2 Å². The van der Waals surface area contributed by atoms with Crippen LogP contribution in [-0.2, 0) is 26.1 Å². The van der Waals surface area contributed by atoms with Crippen LogP contribution in [0.15, 0.2) is 47.4 Å². The smallest absolute Gasteiger partial charge is 0.338 e. The van der Waals surface area contributed by atoms with E-state index >= 15 is 0 Å².